The minimum atomic E-state index is -3.57. The summed E-state index contributed by atoms with van der Waals surface area (Å²) in [5.41, 5.74) is 0.198. The van der Waals surface area contributed by atoms with Crippen LogP contribution in [0.15, 0.2) is 18.2 Å². The molecule has 1 aliphatic heterocycles. The normalized spacial score (nSPS) is 17.1. The van der Waals surface area contributed by atoms with E-state index in [1.54, 1.807) is 0 Å². The van der Waals surface area contributed by atoms with Gasteiger partial charge in [0.05, 0.1) is 4.92 Å². The van der Waals surface area contributed by atoms with E-state index >= 15 is 0 Å². The largest absolute Gasteiger partial charge is 0.382 e. The second kappa shape index (κ2) is 2.68. The summed E-state index contributed by atoms with van der Waals surface area (Å²) >= 11 is 0. The topological polar surface area (TPSA) is 86.5 Å². The van der Waals surface area contributed by atoms with E-state index in [9.17, 15) is 18.5 Å². The first-order valence-corrected chi connectivity index (χ1v) is 5.25. The smallest absolute Gasteiger partial charge is 0.313 e. The van der Waals surface area contributed by atoms with Crippen molar-refractivity contribution in [1.29, 1.82) is 0 Å². The van der Waals surface area contributed by atoms with Crippen LogP contribution in [0.2, 0.25) is 0 Å². The molecule has 0 saturated heterocycles. The number of benzene rings is 1. The van der Waals surface area contributed by atoms with Gasteiger partial charge < -0.3 is 4.18 Å². The molecule has 0 aliphatic carbocycles. The Morgan fingerprint density at radius 2 is 2.14 bits per heavy atom. The fourth-order valence-electron chi connectivity index (χ4n) is 1.23. The van der Waals surface area contributed by atoms with E-state index in [1.165, 1.54) is 18.2 Å². The van der Waals surface area contributed by atoms with Crippen molar-refractivity contribution in [2.24, 2.45) is 0 Å². The molecule has 0 atom stereocenters. The number of nitro groups is 1. The van der Waals surface area contributed by atoms with Crippen LogP contribution in [0, 0.1) is 10.1 Å². The molecule has 74 valence electrons. The standard InChI is InChI=1S/C7H5NO5S/c9-8(10)6-1-2-7-5(3-6)4-14(11,12)13-7/h1-3H,4H2. The van der Waals surface area contributed by atoms with Crippen LogP contribution in [0.4, 0.5) is 5.69 Å². The molecule has 0 aromatic heterocycles. The van der Waals surface area contributed by atoms with Crippen molar-refractivity contribution >= 4 is 15.8 Å². The Morgan fingerprint density at radius 1 is 1.43 bits per heavy atom. The summed E-state index contributed by atoms with van der Waals surface area (Å²) in [5.74, 6) is -0.125. The van der Waals surface area contributed by atoms with Gasteiger partial charge in [0, 0.05) is 17.7 Å². The molecular formula is C7H5NO5S. The first-order valence-electron chi connectivity index (χ1n) is 3.67. The quantitative estimate of drug-likeness (QED) is 0.393. The molecule has 0 bridgehead atoms. The van der Waals surface area contributed by atoms with Crippen LogP contribution in [0.1, 0.15) is 5.56 Å². The maximum Gasteiger partial charge on any atom is 0.313 e. The average molecular weight is 215 g/mol. The Bertz CT molecular complexity index is 507. The molecule has 14 heavy (non-hydrogen) atoms. The number of hydrogen-bond acceptors (Lipinski definition) is 5. The molecule has 0 N–H and O–H groups in total. The van der Waals surface area contributed by atoms with E-state index in [0.29, 0.717) is 5.56 Å². The molecule has 0 saturated carbocycles. The van der Waals surface area contributed by atoms with Gasteiger partial charge in [-0.05, 0) is 6.07 Å². The average Bonchev–Trinajstić information content (AvgIpc) is 2.36. The molecule has 1 heterocycles. The van der Waals surface area contributed by atoms with Crippen LogP contribution >= 0.6 is 0 Å². The molecule has 0 spiro atoms. The Hall–Kier alpha value is -1.63. The summed E-state index contributed by atoms with van der Waals surface area (Å²) in [6.07, 6.45) is 0. The highest BCUT2D eigenvalue weighted by atomic mass is 32.2. The Labute approximate surface area is 79.4 Å². The summed E-state index contributed by atoms with van der Waals surface area (Å²) in [7, 11) is -3.57. The van der Waals surface area contributed by atoms with Gasteiger partial charge in [0.15, 0.2) is 0 Å². The highest BCUT2D eigenvalue weighted by molar-refractivity contribution is 7.86. The molecular weight excluding hydrogens is 210 g/mol. The number of nitrogens with zero attached hydrogens (tertiary/aromatic N) is 1. The monoisotopic (exact) mass is 215 g/mol. The van der Waals surface area contributed by atoms with Gasteiger partial charge in [0.25, 0.3) is 5.69 Å². The maximum absolute atomic E-state index is 11.0. The van der Waals surface area contributed by atoms with Gasteiger partial charge in [0.2, 0.25) is 0 Å². The molecule has 1 aliphatic rings. The van der Waals surface area contributed by atoms with Crippen LogP contribution in [-0.2, 0) is 15.9 Å². The first kappa shape index (κ1) is 8.95. The van der Waals surface area contributed by atoms with E-state index in [0.717, 1.165) is 0 Å². The minimum absolute atomic E-state index is 0.135. The van der Waals surface area contributed by atoms with E-state index in [2.05, 4.69) is 4.18 Å². The molecule has 0 fully saturated rings. The third kappa shape index (κ3) is 1.41. The molecule has 1 aromatic rings. The number of non-ortho nitro benzene ring substituents is 1. The summed E-state index contributed by atoms with van der Waals surface area (Å²) in [6.45, 7) is 0. The predicted molar refractivity (Wildman–Crippen MR) is 46.3 cm³/mol. The SMILES string of the molecule is O=[N+]([O-])c1ccc2c(c1)CS(=O)(=O)O2. The predicted octanol–water partition coefficient (Wildman–Crippen LogP) is 0.817. The Morgan fingerprint density at radius 3 is 2.79 bits per heavy atom. The molecule has 0 radical (unpaired) electrons. The van der Waals surface area contributed by atoms with Crippen LogP contribution in [0.3, 0.4) is 0 Å². The zero-order valence-electron chi connectivity index (χ0n) is 6.84. The van der Waals surface area contributed by atoms with E-state index < -0.39 is 15.0 Å². The lowest BCUT2D eigenvalue weighted by Gasteiger charge is -1.94. The number of rotatable bonds is 1. The number of fused-ring (bicyclic) bond motifs is 1. The number of hydrogen-bond donors (Lipinski definition) is 0. The van der Waals surface area contributed by atoms with Gasteiger partial charge in [-0.2, -0.15) is 8.42 Å². The van der Waals surface area contributed by atoms with Gasteiger partial charge in [-0.1, -0.05) is 0 Å². The van der Waals surface area contributed by atoms with Crippen molar-refractivity contribution in [2.45, 2.75) is 5.75 Å². The van der Waals surface area contributed by atoms with E-state index in [4.69, 9.17) is 0 Å². The van der Waals surface area contributed by atoms with Gasteiger partial charge in [-0.15, -0.1) is 0 Å². The van der Waals surface area contributed by atoms with Crippen LogP contribution in [0.25, 0.3) is 0 Å². The molecule has 7 heteroatoms. The lowest BCUT2D eigenvalue weighted by Crippen LogP contribution is -2.02. The van der Waals surface area contributed by atoms with Gasteiger partial charge in [-0.3, -0.25) is 10.1 Å². The molecule has 0 unspecified atom stereocenters. The van der Waals surface area contributed by atoms with Crippen LogP contribution in [-0.4, -0.2) is 13.3 Å². The minimum Gasteiger partial charge on any atom is -0.382 e. The van der Waals surface area contributed by atoms with Gasteiger partial charge in [0.1, 0.15) is 11.5 Å². The van der Waals surface area contributed by atoms with E-state index in [1.807, 2.05) is 0 Å². The zero-order chi connectivity index (χ0) is 10.3. The maximum atomic E-state index is 11.0. The van der Waals surface area contributed by atoms with Crippen molar-refractivity contribution < 1.29 is 17.5 Å². The molecule has 0 amide bonds. The van der Waals surface area contributed by atoms with Crippen molar-refractivity contribution in [2.75, 3.05) is 0 Å². The van der Waals surface area contributed by atoms with Gasteiger partial charge >= 0.3 is 10.1 Å². The van der Waals surface area contributed by atoms with Gasteiger partial charge in [-0.25, -0.2) is 0 Å². The second-order valence-electron chi connectivity index (χ2n) is 2.83. The molecule has 1 aromatic carbocycles. The summed E-state index contributed by atoms with van der Waals surface area (Å²) in [5, 5.41) is 10.4. The zero-order valence-corrected chi connectivity index (χ0v) is 7.65. The highest BCUT2D eigenvalue weighted by Gasteiger charge is 2.27. The van der Waals surface area contributed by atoms with Crippen LogP contribution < -0.4 is 4.18 Å². The Kier molecular flexibility index (Phi) is 1.71. The van der Waals surface area contributed by atoms with Crippen molar-refractivity contribution in [3.63, 3.8) is 0 Å². The summed E-state index contributed by atoms with van der Waals surface area (Å²) < 4.78 is 26.5. The molecule has 2 rings (SSSR count). The fraction of sp³-hybridized carbons (Fsp3) is 0.143. The lowest BCUT2D eigenvalue weighted by molar-refractivity contribution is -0.384. The van der Waals surface area contributed by atoms with Crippen molar-refractivity contribution in [1.82, 2.24) is 0 Å². The summed E-state index contributed by atoms with van der Waals surface area (Å²) in [6, 6.07) is 3.71. The highest BCUT2D eigenvalue weighted by Crippen LogP contribution is 2.32. The van der Waals surface area contributed by atoms with Crippen molar-refractivity contribution in [3.05, 3.63) is 33.9 Å². The van der Waals surface area contributed by atoms with Crippen molar-refractivity contribution in [3.8, 4) is 5.75 Å². The fourth-order valence-corrected chi connectivity index (χ4v) is 2.33. The van der Waals surface area contributed by atoms with Crippen LogP contribution in [0.5, 0.6) is 5.75 Å². The Balaban J connectivity index is 2.50. The third-order valence-electron chi connectivity index (χ3n) is 1.80. The number of nitro benzene ring substituents is 1. The van der Waals surface area contributed by atoms with E-state index in [-0.39, 0.29) is 17.2 Å². The second-order valence-corrected chi connectivity index (χ2v) is 4.41. The lowest BCUT2D eigenvalue weighted by atomic mass is 10.2. The molecule has 6 nitrogen and oxygen atoms in total. The summed E-state index contributed by atoms with van der Waals surface area (Å²) in [4.78, 5) is 9.80. The third-order valence-corrected chi connectivity index (χ3v) is 2.90. The first-order chi connectivity index (χ1) is 6.48.